The van der Waals surface area contributed by atoms with E-state index in [0.29, 0.717) is 10.6 Å². The highest BCUT2D eigenvalue weighted by Crippen LogP contribution is 2.50. The lowest BCUT2D eigenvalue weighted by atomic mass is 10.1. The highest BCUT2D eigenvalue weighted by Gasteiger charge is 2.45. The fraction of sp³-hybridized carbons (Fsp3) is 0.316. The van der Waals surface area contributed by atoms with Gasteiger partial charge in [0.2, 0.25) is 5.91 Å². The molecule has 2 nitrogen and oxygen atoms in total. The summed E-state index contributed by atoms with van der Waals surface area (Å²) in [4.78, 5) is 14.1. The van der Waals surface area contributed by atoms with Crippen LogP contribution in [0.15, 0.2) is 48.5 Å². The van der Waals surface area contributed by atoms with E-state index >= 15 is 0 Å². The summed E-state index contributed by atoms with van der Waals surface area (Å²) in [6, 6.07) is 12.4. The number of amides is 1. The van der Waals surface area contributed by atoms with Gasteiger partial charge in [-0.1, -0.05) is 41.9 Å². The molecule has 1 saturated carbocycles. The maximum atomic E-state index is 12.6. The van der Waals surface area contributed by atoms with Gasteiger partial charge in [0, 0.05) is 24.5 Å². The van der Waals surface area contributed by atoms with Gasteiger partial charge in [0.05, 0.1) is 5.56 Å². The van der Waals surface area contributed by atoms with Crippen LogP contribution < -0.4 is 0 Å². The number of benzene rings is 2. The van der Waals surface area contributed by atoms with Crippen LogP contribution in [0.2, 0.25) is 5.02 Å². The Bertz CT molecular complexity index is 773. The van der Waals surface area contributed by atoms with E-state index in [1.165, 1.54) is 12.1 Å². The minimum Gasteiger partial charge on any atom is -0.341 e. The predicted molar refractivity (Wildman–Crippen MR) is 90.2 cm³/mol. The quantitative estimate of drug-likeness (QED) is 0.734. The van der Waals surface area contributed by atoms with Crippen molar-refractivity contribution in [3.8, 4) is 0 Å². The Morgan fingerprint density at radius 2 is 1.80 bits per heavy atom. The molecule has 0 heterocycles. The van der Waals surface area contributed by atoms with Crippen LogP contribution in [-0.4, -0.2) is 17.9 Å². The van der Waals surface area contributed by atoms with Gasteiger partial charge in [0.1, 0.15) is 0 Å². The van der Waals surface area contributed by atoms with Gasteiger partial charge >= 0.3 is 6.18 Å². The third-order valence-electron chi connectivity index (χ3n) is 4.49. The maximum absolute atomic E-state index is 12.6. The van der Waals surface area contributed by atoms with E-state index in [9.17, 15) is 18.0 Å². The molecule has 2 aromatic rings. The summed E-state index contributed by atoms with van der Waals surface area (Å²) in [5.41, 5.74) is 0.954. The van der Waals surface area contributed by atoms with Crippen LogP contribution in [0.4, 0.5) is 13.2 Å². The van der Waals surface area contributed by atoms with Crippen LogP contribution in [0.1, 0.15) is 29.0 Å². The average molecular weight is 368 g/mol. The Balaban J connectivity index is 1.62. The number of nitrogens with zero attached hydrogens (tertiary/aromatic N) is 1. The largest absolute Gasteiger partial charge is 0.416 e. The second kappa shape index (κ2) is 6.71. The monoisotopic (exact) mass is 367 g/mol. The van der Waals surface area contributed by atoms with Gasteiger partial charge in [-0.05, 0) is 41.7 Å². The van der Waals surface area contributed by atoms with Crippen LogP contribution in [-0.2, 0) is 17.5 Å². The molecule has 1 fully saturated rings. The molecule has 2 atom stereocenters. The van der Waals surface area contributed by atoms with Crippen molar-refractivity contribution in [3.63, 3.8) is 0 Å². The molecule has 3 rings (SSSR count). The number of alkyl halides is 3. The van der Waals surface area contributed by atoms with Crippen molar-refractivity contribution in [2.75, 3.05) is 7.05 Å². The number of rotatable bonds is 4. The lowest BCUT2D eigenvalue weighted by Gasteiger charge is -2.18. The summed E-state index contributed by atoms with van der Waals surface area (Å²) in [7, 11) is 1.67. The number of carbonyl (C=O) groups excluding carboxylic acids is 1. The van der Waals surface area contributed by atoms with E-state index in [1.807, 2.05) is 24.3 Å². The Morgan fingerprint density at radius 3 is 2.40 bits per heavy atom. The first-order chi connectivity index (χ1) is 11.8. The van der Waals surface area contributed by atoms with E-state index < -0.39 is 11.7 Å². The Morgan fingerprint density at radius 1 is 1.16 bits per heavy atom. The molecule has 1 amide bonds. The molecule has 0 saturated heterocycles. The third kappa shape index (κ3) is 3.98. The van der Waals surface area contributed by atoms with Crippen LogP contribution in [0, 0.1) is 5.92 Å². The second-order valence-corrected chi connectivity index (χ2v) is 6.77. The van der Waals surface area contributed by atoms with Crippen LogP contribution in [0.3, 0.4) is 0 Å². The molecule has 6 heteroatoms. The highest BCUT2D eigenvalue weighted by molar-refractivity contribution is 6.31. The van der Waals surface area contributed by atoms with E-state index in [-0.39, 0.29) is 24.3 Å². The van der Waals surface area contributed by atoms with Gasteiger partial charge < -0.3 is 4.90 Å². The van der Waals surface area contributed by atoms with Gasteiger partial charge in [-0.3, -0.25) is 4.79 Å². The molecule has 0 aliphatic heterocycles. The standard InChI is InChI=1S/C19H17ClF3NO/c1-24(11-12-6-8-13(9-7-12)19(21,22)23)18(25)16-10-15(16)14-4-2-3-5-17(14)20/h2-9,15-16H,10-11H2,1H3. The van der Waals surface area contributed by atoms with E-state index in [1.54, 1.807) is 11.9 Å². The predicted octanol–water partition coefficient (Wildman–Crippen LogP) is 5.12. The molecule has 0 N–H and O–H groups in total. The first kappa shape index (κ1) is 17.8. The lowest BCUT2D eigenvalue weighted by Crippen LogP contribution is -2.28. The molecule has 1 aliphatic rings. The lowest BCUT2D eigenvalue weighted by molar-refractivity contribution is -0.137. The van der Waals surface area contributed by atoms with Gasteiger partial charge in [-0.2, -0.15) is 13.2 Å². The fourth-order valence-corrected chi connectivity index (χ4v) is 3.30. The Labute approximate surface area is 149 Å². The summed E-state index contributed by atoms with van der Waals surface area (Å²) in [6.07, 6.45) is -3.60. The van der Waals surface area contributed by atoms with E-state index in [0.717, 1.165) is 24.1 Å². The molecular weight excluding hydrogens is 351 g/mol. The summed E-state index contributed by atoms with van der Waals surface area (Å²) in [5, 5.41) is 0.660. The zero-order chi connectivity index (χ0) is 18.2. The van der Waals surface area contributed by atoms with Crippen LogP contribution in [0.25, 0.3) is 0 Å². The van der Waals surface area contributed by atoms with E-state index in [2.05, 4.69) is 0 Å². The molecule has 2 aromatic carbocycles. The molecule has 1 aliphatic carbocycles. The van der Waals surface area contributed by atoms with Crippen molar-refractivity contribution >= 4 is 17.5 Å². The van der Waals surface area contributed by atoms with Crippen molar-refractivity contribution in [3.05, 3.63) is 70.2 Å². The first-order valence-corrected chi connectivity index (χ1v) is 8.30. The number of hydrogen-bond acceptors (Lipinski definition) is 1. The summed E-state index contributed by atoms with van der Waals surface area (Å²) in [5.74, 6) is 0.000390. The topological polar surface area (TPSA) is 20.3 Å². The summed E-state index contributed by atoms with van der Waals surface area (Å²) >= 11 is 6.17. The van der Waals surface area contributed by atoms with Crippen LogP contribution in [0.5, 0.6) is 0 Å². The Hall–Kier alpha value is -2.01. The molecule has 0 bridgehead atoms. The minimum atomic E-state index is -4.35. The SMILES string of the molecule is CN(Cc1ccc(C(F)(F)F)cc1)C(=O)C1CC1c1ccccc1Cl. The molecule has 0 spiro atoms. The van der Waals surface area contributed by atoms with Crippen molar-refractivity contribution in [1.82, 2.24) is 4.90 Å². The molecule has 2 unspecified atom stereocenters. The molecular formula is C19H17ClF3NO. The minimum absolute atomic E-state index is 0.00943. The average Bonchev–Trinajstić information content (AvgIpc) is 3.34. The second-order valence-electron chi connectivity index (χ2n) is 6.36. The maximum Gasteiger partial charge on any atom is 0.416 e. The fourth-order valence-electron chi connectivity index (χ4n) is 3.02. The van der Waals surface area contributed by atoms with Crippen LogP contribution >= 0.6 is 11.6 Å². The van der Waals surface area contributed by atoms with Gasteiger partial charge in [-0.15, -0.1) is 0 Å². The first-order valence-electron chi connectivity index (χ1n) is 7.93. The summed E-state index contributed by atoms with van der Waals surface area (Å²) < 4.78 is 37.8. The molecule has 25 heavy (non-hydrogen) atoms. The normalized spacial score (nSPS) is 19.6. The molecule has 0 radical (unpaired) electrons. The van der Waals surface area contributed by atoms with Gasteiger partial charge in [0.15, 0.2) is 0 Å². The highest BCUT2D eigenvalue weighted by atomic mass is 35.5. The smallest absolute Gasteiger partial charge is 0.341 e. The third-order valence-corrected chi connectivity index (χ3v) is 4.83. The number of carbonyl (C=O) groups is 1. The zero-order valence-electron chi connectivity index (χ0n) is 13.6. The summed E-state index contributed by atoms with van der Waals surface area (Å²) in [6.45, 7) is 0.280. The molecule has 132 valence electrons. The van der Waals surface area contributed by atoms with E-state index in [4.69, 9.17) is 11.6 Å². The van der Waals surface area contributed by atoms with Crippen molar-refractivity contribution < 1.29 is 18.0 Å². The zero-order valence-corrected chi connectivity index (χ0v) is 14.3. The van der Waals surface area contributed by atoms with Gasteiger partial charge in [0.25, 0.3) is 0 Å². The van der Waals surface area contributed by atoms with Crippen molar-refractivity contribution in [2.24, 2.45) is 5.92 Å². The van der Waals surface area contributed by atoms with Crippen molar-refractivity contribution in [2.45, 2.75) is 25.1 Å². The molecule has 0 aromatic heterocycles. The number of hydrogen-bond donors (Lipinski definition) is 0. The van der Waals surface area contributed by atoms with Gasteiger partial charge in [-0.25, -0.2) is 0 Å². The van der Waals surface area contributed by atoms with Crippen molar-refractivity contribution in [1.29, 1.82) is 0 Å². The number of halogens is 4. The Kier molecular flexibility index (Phi) is 4.78.